The number of anilines is 1. The van der Waals surface area contributed by atoms with Gasteiger partial charge in [-0.2, -0.15) is 9.67 Å². The van der Waals surface area contributed by atoms with Gasteiger partial charge in [-0.1, -0.05) is 24.3 Å². The molecule has 4 rings (SSSR count). The molecular formula is C19H18N4O3. The average Bonchev–Trinajstić information content (AvgIpc) is 3.14. The maximum absolute atomic E-state index is 12.7. The van der Waals surface area contributed by atoms with Crippen LogP contribution in [0.1, 0.15) is 17.0 Å². The van der Waals surface area contributed by atoms with Crippen LogP contribution < -0.4 is 15.3 Å². The molecule has 0 fully saturated rings. The summed E-state index contributed by atoms with van der Waals surface area (Å²) in [4.78, 5) is 26.9. The number of amides is 1. The molecule has 26 heavy (non-hydrogen) atoms. The molecule has 2 heterocycles. The Hall–Kier alpha value is -3.35. The Morgan fingerprint density at radius 1 is 1.08 bits per heavy atom. The Morgan fingerprint density at radius 3 is 2.46 bits per heavy atom. The van der Waals surface area contributed by atoms with Gasteiger partial charge in [0, 0.05) is 5.69 Å². The van der Waals surface area contributed by atoms with Gasteiger partial charge in [-0.25, -0.2) is 14.3 Å². The van der Waals surface area contributed by atoms with Crippen molar-refractivity contribution in [2.45, 2.75) is 20.0 Å². The standard InChI is InChI=1S/C19H18N4O3/c1-13-5-3-4-6-14(13)11-22-19(25)23-17(20-22)12-21(18(23)24)15-7-9-16(26-2)10-8-15/h3-10H,11-12H2,1-2H3. The summed E-state index contributed by atoms with van der Waals surface area (Å²) in [5, 5.41) is 4.37. The average molecular weight is 350 g/mol. The van der Waals surface area contributed by atoms with Gasteiger partial charge in [0.1, 0.15) is 5.75 Å². The number of carbonyl (C=O) groups excluding carboxylic acids is 1. The molecule has 2 aromatic carbocycles. The van der Waals surface area contributed by atoms with E-state index in [2.05, 4.69) is 5.10 Å². The van der Waals surface area contributed by atoms with Gasteiger partial charge >= 0.3 is 11.7 Å². The highest BCUT2D eigenvalue weighted by Crippen LogP contribution is 2.24. The predicted octanol–water partition coefficient (Wildman–Crippen LogP) is 2.40. The second-order valence-corrected chi connectivity index (χ2v) is 6.19. The topological polar surface area (TPSA) is 69.4 Å². The van der Waals surface area contributed by atoms with Crippen molar-refractivity contribution in [3.8, 4) is 5.75 Å². The summed E-state index contributed by atoms with van der Waals surface area (Å²) in [5.41, 5.74) is 2.37. The minimum Gasteiger partial charge on any atom is -0.497 e. The lowest BCUT2D eigenvalue weighted by Gasteiger charge is -2.15. The van der Waals surface area contributed by atoms with Crippen molar-refractivity contribution in [2.24, 2.45) is 0 Å². The van der Waals surface area contributed by atoms with Crippen LogP contribution in [0.2, 0.25) is 0 Å². The Bertz CT molecular complexity index is 1030. The van der Waals surface area contributed by atoms with Crippen molar-refractivity contribution < 1.29 is 9.53 Å². The van der Waals surface area contributed by atoms with E-state index >= 15 is 0 Å². The van der Waals surface area contributed by atoms with Crippen LogP contribution in [0.15, 0.2) is 53.3 Å². The molecule has 0 N–H and O–H groups in total. The molecule has 3 aromatic rings. The third-order valence-electron chi connectivity index (χ3n) is 4.59. The van der Waals surface area contributed by atoms with Crippen molar-refractivity contribution in [1.29, 1.82) is 0 Å². The molecule has 1 aliphatic rings. The summed E-state index contributed by atoms with van der Waals surface area (Å²) < 4.78 is 7.62. The molecule has 7 nitrogen and oxygen atoms in total. The number of benzene rings is 2. The Kier molecular flexibility index (Phi) is 3.84. The molecular weight excluding hydrogens is 332 g/mol. The summed E-state index contributed by atoms with van der Waals surface area (Å²) >= 11 is 0. The third-order valence-corrected chi connectivity index (χ3v) is 4.59. The van der Waals surface area contributed by atoms with E-state index in [1.54, 1.807) is 31.4 Å². The van der Waals surface area contributed by atoms with Crippen molar-refractivity contribution in [3.05, 3.63) is 76.0 Å². The van der Waals surface area contributed by atoms with E-state index in [9.17, 15) is 9.59 Å². The second kappa shape index (κ2) is 6.18. The lowest BCUT2D eigenvalue weighted by molar-refractivity contribution is 0.250. The van der Waals surface area contributed by atoms with Gasteiger partial charge < -0.3 is 4.74 Å². The maximum Gasteiger partial charge on any atom is 0.354 e. The number of aromatic nitrogens is 3. The molecule has 1 aromatic heterocycles. The number of carbonyl (C=O) groups is 1. The number of hydrogen-bond donors (Lipinski definition) is 0. The van der Waals surface area contributed by atoms with E-state index < -0.39 is 5.69 Å². The maximum atomic E-state index is 12.7. The minimum absolute atomic E-state index is 0.265. The molecule has 0 aliphatic carbocycles. The van der Waals surface area contributed by atoms with E-state index in [-0.39, 0.29) is 12.6 Å². The van der Waals surface area contributed by atoms with Crippen LogP contribution in [-0.4, -0.2) is 27.5 Å². The summed E-state index contributed by atoms with van der Waals surface area (Å²) in [6.45, 7) is 2.60. The summed E-state index contributed by atoms with van der Waals surface area (Å²) in [5.74, 6) is 1.16. The van der Waals surface area contributed by atoms with Gasteiger partial charge in [-0.15, -0.1) is 0 Å². The Balaban J connectivity index is 1.62. The second-order valence-electron chi connectivity index (χ2n) is 6.19. The molecule has 0 saturated carbocycles. The van der Waals surface area contributed by atoms with Crippen LogP contribution in [0, 0.1) is 6.92 Å². The molecule has 1 amide bonds. The molecule has 132 valence electrons. The van der Waals surface area contributed by atoms with Gasteiger partial charge in [0.15, 0.2) is 5.82 Å². The van der Waals surface area contributed by atoms with Crippen molar-refractivity contribution in [2.75, 3.05) is 12.0 Å². The monoisotopic (exact) mass is 350 g/mol. The zero-order valence-corrected chi connectivity index (χ0v) is 14.5. The number of fused-ring (bicyclic) bond motifs is 1. The van der Waals surface area contributed by atoms with E-state index in [1.165, 1.54) is 9.58 Å². The van der Waals surface area contributed by atoms with E-state index in [1.807, 2.05) is 31.2 Å². The lowest BCUT2D eigenvalue weighted by atomic mass is 10.1. The summed E-state index contributed by atoms with van der Waals surface area (Å²) in [6.07, 6.45) is 0. The number of hydrogen-bond acceptors (Lipinski definition) is 4. The molecule has 0 saturated heterocycles. The smallest absolute Gasteiger partial charge is 0.354 e. The van der Waals surface area contributed by atoms with E-state index in [0.29, 0.717) is 23.8 Å². The number of rotatable bonds is 4. The third kappa shape index (κ3) is 2.57. The highest BCUT2D eigenvalue weighted by atomic mass is 16.5. The van der Waals surface area contributed by atoms with Crippen molar-refractivity contribution in [3.63, 3.8) is 0 Å². The zero-order valence-electron chi connectivity index (χ0n) is 14.5. The van der Waals surface area contributed by atoms with Crippen LogP contribution in [-0.2, 0) is 13.1 Å². The van der Waals surface area contributed by atoms with E-state index in [0.717, 1.165) is 15.7 Å². The fourth-order valence-corrected chi connectivity index (χ4v) is 3.09. The summed E-state index contributed by atoms with van der Waals surface area (Å²) in [6, 6.07) is 14.6. The van der Waals surface area contributed by atoms with Crippen LogP contribution in [0.4, 0.5) is 10.5 Å². The predicted molar refractivity (Wildman–Crippen MR) is 96.7 cm³/mol. The summed E-state index contributed by atoms with van der Waals surface area (Å²) in [7, 11) is 1.59. The van der Waals surface area contributed by atoms with Crippen LogP contribution in [0.3, 0.4) is 0 Å². The molecule has 0 spiro atoms. The molecule has 0 unspecified atom stereocenters. The molecule has 0 radical (unpaired) electrons. The van der Waals surface area contributed by atoms with Gasteiger partial charge in [0.2, 0.25) is 0 Å². The molecule has 0 atom stereocenters. The molecule has 0 bridgehead atoms. The fourth-order valence-electron chi connectivity index (χ4n) is 3.09. The molecule has 1 aliphatic heterocycles. The van der Waals surface area contributed by atoms with Crippen LogP contribution in [0.5, 0.6) is 5.75 Å². The van der Waals surface area contributed by atoms with Gasteiger partial charge in [0.25, 0.3) is 0 Å². The fraction of sp³-hybridized carbons (Fsp3) is 0.211. The first kappa shape index (κ1) is 16.1. The largest absolute Gasteiger partial charge is 0.497 e. The lowest BCUT2D eigenvalue weighted by Crippen LogP contribution is -2.35. The Morgan fingerprint density at radius 2 is 1.81 bits per heavy atom. The first-order chi connectivity index (χ1) is 12.6. The van der Waals surface area contributed by atoms with Gasteiger partial charge in [-0.05, 0) is 42.3 Å². The highest BCUT2D eigenvalue weighted by molar-refractivity contribution is 5.96. The van der Waals surface area contributed by atoms with Gasteiger partial charge in [0.05, 0.1) is 20.2 Å². The Labute approximate surface area is 150 Å². The SMILES string of the molecule is COc1ccc(N2Cc3nn(Cc4ccccc4C)c(=O)n3C2=O)cc1. The number of methoxy groups -OCH3 is 1. The van der Waals surface area contributed by atoms with Crippen molar-refractivity contribution in [1.82, 2.24) is 14.3 Å². The number of aryl methyl sites for hydroxylation is 1. The van der Waals surface area contributed by atoms with Crippen LogP contribution in [0.25, 0.3) is 0 Å². The van der Waals surface area contributed by atoms with E-state index in [4.69, 9.17) is 4.74 Å². The minimum atomic E-state index is -0.413. The number of nitrogens with zero attached hydrogens (tertiary/aromatic N) is 4. The van der Waals surface area contributed by atoms with Gasteiger partial charge in [-0.3, -0.25) is 4.90 Å². The normalized spacial score (nSPS) is 13.2. The highest BCUT2D eigenvalue weighted by Gasteiger charge is 2.33. The quantitative estimate of drug-likeness (QED) is 0.724. The first-order valence-electron chi connectivity index (χ1n) is 8.27. The zero-order chi connectivity index (χ0) is 18.3. The molecule has 7 heteroatoms. The first-order valence-corrected chi connectivity index (χ1v) is 8.27. The van der Waals surface area contributed by atoms with Crippen molar-refractivity contribution >= 4 is 11.7 Å². The number of ether oxygens (including phenoxy) is 1. The van der Waals surface area contributed by atoms with Crippen LogP contribution >= 0.6 is 0 Å².